The van der Waals surface area contributed by atoms with E-state index in [9.17, 15) is 4.79 Å². The van der Waals surface area contributed by atoms with E-state index in [1.54, 1.807) is 7.11 Å². The number of aromatic amines is 2. The van der Waals surface area contributed by atoms with Crippen molar-refractivity contribution in [2.24, 2.45) is 0 Å². The maximum Gasteiger partial charge on any atom is 0.339 e. The van der Waals surface area contributed by atoms with Gasteiger partial charge in [0, 0.05) is 10.9 Å². The Hall–Kier alpha value is -2.76. The summed E-state index contributed by atoms with van der Waals surface area (Å²) in [7, 11) is 1.60. The second-order valence-corrected chi connectivity index (χ2v) is 4.10. The van der Waals surface area contributed by atoms with E-state index in [1.165, 1.54) is 6.20 Å². The van der Waals surface area contributed by atoms with Gasteiger partial charge in [-0.15, -0.1) is 0 Å². The molecule has 0 spiro atoms. The summed E-state index contributed by atoms with van der Waals surface area (Å²) in [5.74, 6) is -0.263. The normalized spacial score (nSPS) is 10.8. The summed E-state index contributed by atoms with van der Waals surface area (Å²) in [5, 5.41) is 16.5. The first-order valence-electron chi connectivity index (χ1n) is 5.63. The molecule has 6 nitrogen and oxygen atoms in total. The van der Waals surface area contributed by atoms with Crippen molar-refractivity contribution in [3.63, 3.8) is 0 Å². The van der Waals surface area contributed by atoms with Gasteiger partial charge in [-0.2, -0.15) is 5.10 Å². The van der Waals surface area contributed by atoms with Crippen molar-refractivity contribution in [1.29, 1.82) is 0 Å². The van der Waals surface area contributed by atoms with Crippen LogP contribution < -0.4 is 4.74 Å². The summed E-state index contributed by atoms with van der Waals surface area (Å²) in [5.41, 5.74) is 2.18. The lowest BCUT2D eigenvalue weighted by atomic mass is 10.2. The van der Waals surface area contributed by atoms with Crippen molar-refractivity contribution in [3.05, 3.63) is 36.0 Å². The van der Waals surface area contributed by atoms with Crippen LogP contribution in [0.1, 0.15) is 10.4 Å². The quantitative estimate of drug-likeness (QED) is 0.671. The van der Waals surface area contributed by atoms with E-state index in [2.05, 4.69) is 15.2 Å². The topological polar surface area (TPSA) is 91.0 Å². The molecule has 0 fully saturated rings. The second kappa shape index (κ2) is 4.16. The predicted octanol–water partition coefficient (Wildman–Crippen LogP) is 2.26. The van der Waals surface area contributed by atoms with Crippen LogP contribution >= 0.6 is 0 Å². The van der Waals surface area contributed by atoms with E-state index in [0.717, 1.165) is 16.7 Å². The zero-order valence-corrected chi connectivity index (χ0v) is 10.1. The predicted molar refractivity (Wildman–Crippen MR) is 69.4 cm³/mol. The van der Waals surface area contributed by atoms with Crippen LogP contribution in [0, 0.1) is 0 Å². The number of rotatable bonds is 3. The number of carboxylic acids is 1. The van der Waals surface area contributed by atoms with Crippen molar-refractivity contribution in [1.82, 2.24) is 15.2 Å². The minimum absolute atomic E-state index is 0.138. The molecule has 0 radical (unpaired) electrons. The Bertz CT molecular complexity index is 757. The lowest BCUT2D eigenvalue weighted by molar-refractivity contribution is 0.0698. The molecule has 0 amide bonds. The van der Waals surface area contributed by atoms with Crippen LogP contribution in [0.2, 0.25) is 0 Å². The largest absolute Gasteiger partial charge is 0.497 e. The molecule has 0 aliphatic carbocycles. The van der Waals surface area contributed by atoms with Gasteiger partial charge >= 0.3 is 5.97 Å². The Morgan fingerprint density at radius 3 is 2.95 bits per heavy atom. The van der Waals surface area contributed by atoms with Gasteiger partial charge in [0.1, 0.15) is 11.3 Å². The zero-order valence-electron chi connectivity index (χ0n) is 10.1. The zero-order chi connectivity index (χ0) is 13.4. The molecule has 0 saturated heterocycles. The molecule has 0 aliphatic rings. The van der Waals surface area contributed by atoms with Crippen molar-refractivity contribution in [2.75, 3.05) is 7.11 Å². The van der Waals surface area contributed by atoms with Gasteiger partial charge in [-0.3, -0.25) is 5.10 Å². The average Bonchev–Trinajstić information content (AvgIpc) is 3.03. The van der Waals surface area contributed by atoms with E-state index in [-0.39, 0.29) is 5.56 Å². The van der Waals surface area contributed by atoms with Crippen molar-refractivity contribution < 1.29 is 14.6 Å². The summed E-state index contributed by atoms with van der Waals surface area (Å²) in [6.45, 7) is 0. The minimum atomic E-state index is -1.01. The van der Waals surface area contributed by atoms with E-state index >= 15 is 0 Å². The molecule has 2 aromatic heterocycles. The number of benzene rings is 1. The Morgan fingerprint density at radius 2 is 2.21 bits per heavy atom. The number of hydrogen-bond acceptors (Lipinski definition) is 3. The number of fused-ring (bicyclic) bond motifs is 1. The first-order chi connectivity index (χ1) is 9.19. The molecular weight excluding hydrogens is 246 g/mol. The number of aromatic nitrogens is 3. The molecule has 2 heterocycles. The molecule has 0 aliphatic heterocycles. The summed E-state index contributed by atoms with van der Waals surface area (Å²) >= 11 is 0. The third-order valence-corrected chi connectivity index (χ3v) is 2.97. The highest BCUT2D eigenvalue weighted by Gasteiger charge is 2.15. The average molecular weight is 257 g/mol. The Morgan fingerprint density at radius 1 is 1.37 bits per heavy atom. The van der Waals surface area contributed by atoms with Crippen LogP contribution in [-0.2, 0) is 0 Å². The number of aromatic carboxylic acids is 1. The number of ether oxygens (including phenoxy) is 1. The molecule has 19 heavy (non-hydrogen) atoms. The fourth-order valence-electron chi connectivity index (χ4n) is 2.03. The van der Waals surface area contributed by atoms with Crippen LogP contribution in [0.15, 0.2) is 30.5 Å². The van der Waals surface area contributed by atoms with Gasteiger partial charge in [-0.05, 0) is 24.3 Å². The van der Waals surface area contributed by atoms with Crippen LogP contribution in [0.25, 0.3) is 22.3 Å². The van der Waals surface area contributed by atoms with E-state index in [4.69, 9.17) is 9.84 Å². The highest BCUT2D eigenvalue weighted by Crippen LogP contribution is 2.27. The van der Waals surface area contributed by atoms with Crippen LogP contribution in [-0.4, -0.2) is 33.4 Å². The second-order valence-electron chi connectivity index (χ2n) is 4.10. The van der Waals surface area contributed by atoms with Gasteiger partial charge in [-0.25, -0.2) is 4.79 Å². The standard InChI is InChI=1S/C13H11N3O3/c1-19-8-2-3-10-7(4-8)5-11(15-10)12-9(13(17)18)6-14-16-12/h2-6,15H,1H3,(H,14,16)(H,17,18). The van der Waals surface area contributed by atoms with Gasteiger partial charge in [0.2, 0.25) is 0 Å². The van der Waals surface area contributed by atoms with Gasteiger partial charge in [0.05, 0.1) is 24.7 Å². The van der Waals surface area contributed by atoms with Crippen LogP contribution in [0.3, 0.4) is 0 Å². The summed E-state index contributed by atoms with van der Waals surface area (Å²) in [6.07, 6.45) is 1.30. The molecule has 3 rings (SSSR count). The Kier molecular flexibility index (Phi) is 2.49. The maximum absolute atomic E-state index is 11.1. The van der Waals surface area contributed by atoms with Crippen LogP contribution in [0.5, 0.6) is 5.75 Å². The number of nitrogens with one attached hydrogen (secondary N) is 2. The summed E-state index contributed by atoms with van der Waals surface area (Å²) < 4.78 is 5.16. The van der Waals surface area contributed by atoms with Crippen molar-refractivity contribution >= 4 is 16.9 Å². The monoisotopic (exact) mass is 257 g/mol. The van der Waals surface area contributed by atoms with E-state index in [0.29, 0.717) is 11.4 Å². The molecule has 1 aromatic carbocycles. The first-order valence-corrected chi connectivity index (χ1v) is 5.63. The fourth-order valence-corrected chi connectivity index (χ4v) is 2.03. The number of H-pyrrole nitrogens is 2. The molecule has 3 N–H and O–H groups in total. The Labute approximate surface area is 108 Å². The highest BCUT2D eigenvalue weighted by atomic mass is 16.5. The number of nitrogens with zero attached hydrogens (tertiary/aromatic N) is 1. The number of methoxy groups -OCH3 is 1. The minimum Gasteiger partial charge on any atom is -0.497 e. The lowest BCUT2D eigenvalue weighted by Gasteiger charge is -1.97. The van der Waals surface area contributed by atoms with Crippen LogP contribution in [0.4, 0.5) is 0 Å². The molecule has 0 bridgehead atoms. The third kappa shape index (κ3) is 1.83. The molecule has 3 aromatic rings. The molecule has 0 atom stereocenters. The lowest BCUT2D eigenvalue weighted by Crippen LogP contribution is -1.96. The van der Waals surface area contributed by atoms with Gasteiger partial charge in [0.25, 0.3) is 0 Å². The van der Waals surface area contributed by atoms with Gasteiger partial charge in [0.15, 0.2) is 0 Å². The first kappa shape index (κ1) is 11.3. The van der Waals surface area contributed by atoms with Gasteiger partial charge in [-0.1, -0.05) is 0 Å². The number of carbonyl (C=O) groups is 1. The number of hydrogen-bond donors (Lipinski definition) is 3. The van der Waals surface area contributed by atoms with Crippen molar-refractivity contribution in [2.45, 2.75) is 0 Å². The molecular formula is C13H11N3O3. The molecule has 6 heteroatoms. The number of carboxylic acid groups (broad SMARTS) is 1. The smallest absolute Gasteiger partial charge is 0.339 e. The fraction of sp³-hybridized carbons (Fsp3) is 0.0769. The van der Waals surface area contributed by atoms with Gasteiger partial charge < -0.3 is 14.8 Å². The molecule has 0 saturated carbocycles. The highest BCUT2D eigenvalue weighted by molar-refractivity contribution is 5.96. The van der Waals surface area contributed by atoms with E-state index in [1.807, 2.05) is 24.3 Å². The maximum atomic E-state index is 11.1. The van der Waals surface area contributed by atoms with E-state index < -0.39 is 5.97 Å². The Balaban J connectivity index is 2.15. The SMILES string of the molecule is COc1ccc2[nH]c(-c3[nH]ncc3C(=O)O)cc2c1. The summed E-state index contributed by atoms with van der Waals surface area (Å²) in [6, 6.07) is 7.46. The third-order valence-electron chi connectivity index (χ3n) is 2.97. The molecule has 96 valence electrons. The summed E-state index contributed by atoms with van der Waals surface area (Å²) in [4.78, 5) is 14.2. The van der Waals surface area contributed by atoms with Crippen molar-refractivity contribution in [3.8, 4) is 17.1 Å². The molecule has 0 unspecified atom stereocenters.